The molecule has 0 aromatic heterocycles. The van der Waals surface area contributed by atoms with Crippen molar-refractivity contribution >= 4 is 29.6 Å². The Morgan fingerprint density at radius 1 is 1.11 bits per heavy atom. The first kappa shape index (κ1) is 21.8. The highest BCUT2D eigenvalue weighted by molar-refractivity contribution is 7.99. The number of hydrogen-bond acceptors (Lipinski definition) is 5. The van der Waals surface area contributed by atoms with Gasteiger partial charge in [0, 0.05) is 22.6 Å². The first-order valence-corrected chi connectivity index (χ1v) is 10.1. The van der Waals surface area contributed by atoms with Gasteiger partial charge in [-0.2, -0.15) is 11.8 Å². The lowest BCUT2D eigenvalue weighted by Gasteiger charge is -2.18. The van der Waals surface area contributed by atoms with Crippen molar-refractivity contribution in [1.29, 1.82) is 0 Å². The Balaban J connectivity index is 2.12. The number of carbonyl (C=O) groups is 2. The molecule has 2 rings (SSSR count). The summed E-state index contributed by atoms with van der Waals surface area (Å²) in [6, 6.07) is 13.3. The third kappa shape index (κ3) is 6.27. The van der Waals surface area contributed by atoms with Crippen molar-refractivity contribution in [3.63, 3.8) is 0 Å². The molecule has 0 aliphatic heterocycles. The lowest BCUT2D eigenvalue weighted by Crippen LogP contribution is -2.24. The van der Waals surface area contributed by atoms with Crippen molar-refractivity contribution in [2.24, 2.45) is 0 Å². The van der Waals surface area contributed by atoms with Gasteiger partial charge in [0.15, 0.2) is 5.78 Å². The highest BCUT2D eigenvalue weighted by atomic mass is 32.2. The number of rotatable bonds is 8. The number of carbonyl (C=O) groups excluding carboxylic acids is 2. The summed E-state index contributed by atoms with van der Waals surface area (Å²) in [5.41, 5.74) is 3.60. The second kappa shape index (κ2) is 9.60. The van der Waals surface area contributed by atoms with E-state index < -0.39 is 5.97 Å². The average molecular weight is 398 g/mol. The zero-order chi connectivity index (χ0) is 20.7. The Labute approximate surface area is 170 Å². The molecule has 0 atom stereocenters. The standard InChI is InChI=1S/C23H26O4S/c1-23(2,3)19-9-5-16(6-10-19)7-11-20(24)17-8-12-21(27-4)18(13-17)14-28-15-22(25)26/h5-13H,14-15H2,1-4H3,(H,25,26)/p-1/b11-7+. The number of hydrogen-bond donors (Lipinski definition) is 0. The molecule has 2 aromatic carbocycles. The van der Waals surface area contributed by atoms with Gasteiger partial charge in [0.2, 0.25) is 0 Å². The van der Waals surface area contributed by atoms with Gasteiger partial charge in [-0.1, -0.05) is 51.1 Å². The van der Waals surface area contributed by atoms with Crippen molar-refractivity contribution < 1.29 is 19.4 Å². The zero-order valence-electron chi connectivity index (χ0n) is 16.7. The predicted molar refractivity (Wildman–Crippen MR) is 113 cm³/mol. The van der Waals surface area contributed by atoms with Gasteiger partial charge in [0.05, 0.1) is 13.1 Å². The van der Waals surface area contributed by atoms with Gasteiger partial charge in [-0.05, 0) is 40.8 Å². The summed E-state index contributed by atoms with van der Waals surface area (Å²) in [6.07, 6.45) is 3.34. The van der Waals surface area contributed by atoms with E-state index in [1.54, 1.807) is 37.5 Å². The molecule has 148 valence electrons. The van der Waals surface area contributed by atoms with Gasteiger partial charge in [0.25, 0.3) is 0 Å². The van der Waals surface area contributed by atoms with E-state index in [4.69, 9.17) is 4.74 Å². The fourth-order valence-corrected chi connectivity index (χ4v) is 3.37. The predicted octanol–water partition coefficient (Wildman–Crippen LogP) is 3.87. The largest absolute Gasteiger partial charge is 0.549 e. The van der Waals surface area contributed by atoms with Crippen molar-refractivity contribution in [3.05, 3.63) is 70.8 Å². The van der Waals surface area contributed by atoms with Crippen LogP contribution in [-0.4, -0.2) is 24.6 Å². The topological polar surface area (TPSA) is 66.4 Å². The van der Waals surface area contributed by atoms with Crippen molar-refractivity contribution in [3.8, 4) is 5.75 Å². The summed E-state index contributed by atoms with van der Waals surface area (Å²) in [5, 5.41) is 10.6. The van der Waals surface area contributed by atoms with E-state index in [0.717, 1.165) is 11.1 Å². The molecular weight excluding hydrogens is 372 g/mol. The average Bonchev–Trinajstić information content (AvgIpc) is 2.65. The van der Waals surface area contributed by atoms with Crippen LogP contribution in [-0.2, 0) is 16.0 Å². The number of methoxy groups -OCH3 is 1. The van der Waals surface area contributed by atoms with Gasteiger partial charge < -0.3 is 14.6 Å². The van der Waals surface area contributed by atoms with Crippen LogP contribution < -0.4 is 9.84 Å². The number of aliphatic carboxylic acids is 1. The number of ketones is 1. The summed E-state index contributed by atoms with van der Waals surface area (Å²) in [6.45, 7) is 6.48. The Morgan fingerprint density at radius 3 is 2.36 bits per heavy atom. The molecule has 0 aliphatic carbocycles. The van der Waals surface area contributed by atoms with Crippen molar-refractivity contribution in [1.82, 2.24) is 0 Å². The monoisotopic (exact) mass is 397 g/mol. The van der Waals surface area contributed by atoms with Gasteiger partial charge in [-0.25, -0.2) is 0 Å². The molecule has 0 amide bonds. The normalized spacial score (nSPS) is 11.6. The van der Waals surface area contributed by atoms with E-state index in [0.29, 0.717) is 17.1 Å². The lowest BCUT2D eigenvalue weighted by molar-refractivity contribution is -0.301. The zero-order valence-corrected chi connectivity index (χ0v) is 17.5. The molecule has 4 nitrogen and oxygen atoms in total. The molecule has 5 heteroatoms. The third-order valence-electron chi connectivity index (χ3n) is 4.25. The Kier molecular flexibility index (Phi) is 7.46. The molecule has 0 heterocycles. The van der Waals surface area contributed by atoms with Crippen LogP contribution in [0.3, 0.4) is 0 Å². The van der Waals surface area contributed by atoms with Gasteiger partial charge >= 0.3 is 0 Å². The van der Waals surface area contributed by atoms with Crippen LogP contribution in [0.2, 0.25) is 0 Å². The number of carboxylic acids is 1. The summed E-state index contributed by atoms with van der Waals surface area (Å²) in [4.78, 5) is 23.1. The molecule has 0 spiro atoms. The fraction of sp³-hybridized carbons (Fsp3) is 0.304. The molecule has 0 saturated carbocycles. The Hall–Kier alpha value is -2.53. The number of benzene rings is 2. The van der Waals surface area contributed by atoms with Gasteiger partial charge in [-0.15, -0.1) is 0 Å². The van der Waals surface area contributed by atoms with Crippen LogP contribution in [0.25, 0.3) is 6.08 Å². The van der Waals surface area contributed by atoms with Gasteiger partial charge in [0.1, 0.15) is 5.75 Å². The smallest absolute Gasteiger partial charge is 0.185 e. The second-order valence-corrected chi connectivity index (χ2v) is 8.45. The molecule has 0 aliphatic rings. The molecule has 0 N–H and O–H groups in total. The number of thioether (sulfide) groups is 1. The molecule has 0 saturated heterocycles. The first-order chi connectivity index (χ1) is 13.2. The molecule has 0 unspecified atom stereocenters. The minimum atomic E-state index is -1.11. The van der Waals surface area contributed by atoms with Gasteiger partial charge in [-0.3, -0.25) is 4.79 Å². The maximum Gasteiger partial charge on any atom is 0.185 e. The molecular formula is C23H25O4S-. The summed E-state index contributed by atoms with van der Waals surface area (Å²) in [7, 11) is 1.55. The number of carboxylic acid groups (broad SMARTS) is 1. The fourth-order valence-electron chi connectivity index (χ4n) is 2.65. The maximum absolute atomic E-state index is 12.5. The first-order valence-electron chi connectivity index (χ1n) is 8.98. The SMILES string of the molecule is COc1ccc(C(=O)/C=C/c2ccc(C(C)(C)C)cc2)cc1CSCC(=O)[O-]. The lowest BCUT2D eigenvalue weighted by atomic mass is 9.87. The minimum absolute atomic E-state index is 0.0896. The van der Waals surface area contributed by atoms with E-state index in [2.05, 4.69) is 32.9 Å². The van der Waals surface area contributed by atoms with E-state index >= 15 is 0 Å². The minimum Gasteiger partial charge on any atom is -0.549 e. The number of allylic oxidation sites excluding steroid dienone is 1. The summed E-state index contributed by atoms with van der Waals surface area (Å²) in [5.74, 6) is -0.281. The van der Waals surface area contributed by atoms with Crippen LogP contribution in [0.15, 0.2) is 48.5 Å². The van der Waals surface area contributed by atoms with E-state index in [9.17, 15) is 14.7 Å². The molecule has 0 radical (unpaired) electrons. The van der Waals surface area contributed by atoms with E-state index in [1.807, 2.05) is 12.1 Å². The summed E-state index contributed by atoms with van der Waals surface area (Å²) >= 11 is 1.21. The van der Waals surface area contributed by atoms with Crippen LogP contribution >= 0.6 is 11.8 Å². The van der Waals surface area contributed by atoms with Crippen LogP contribution in [0.5, 0.6) is 5.75 Å². The van der Waals surface area contributed by atoms with Crippen molar-refractivity contribution in [2.75, 3.05) is 12.9 Å². The molecule has 2 aromatic rings. The van der Waals surface area contributed by atoms with Crippen LogP contribution in [0.4, 0.5) is 0 Å². The second-order valence-electron chi connectivity index (χ2n) is 7.46. The highest BCUT2D eigenvalue weighted by Gasteiger charge is 2.12. The quantitative estimate of drug-likeness (QED) is 0.500. The number of ether oxygens (including phenoxy) is 1. The molecule has 0 bridgehead atoms. The third-order valence-corrected chi connectivity index (χ3v) is 5.20. The highest BCUT2D eigenvalue weighted by Crippen LogP contribution is 2.25. The molecule has 28 heavy (non-hydrogen) atoms. The van der Waals surface area contributed by atoms with Crippen LogP contribution in [0.1, 0.15) is 47.8 Å². The Bertz CT molecular complexity index is 861. The molecule has 0 fully saturated rings. The summed E-state index contributed by atoms with van der Waals surface area (Å²) < 4.78 is 5.30. The maximum atomic E-state index is 12.5. The van der Waals surface area contributed by atoms with Crippen molar-refractivity contribution in [2.45, 2.75) is 31.9 Å². The van der Waals surface area contributed by atoms with E-state index in [-0.39, 0.29) is 17.0 Å². The van der Waals surface area contributed by atoms with Crippen LogP contribution in [0, 0.1) is 0 Å². The Morgan fingerprint density at radius 2 is 1.79 bits per heavy atom. The van der Waals surface area contributed by atoms with E-state index in [1.165, 1.54) is 17.3 Å².